The second-order valence-electron chi connectivity index (χ2n) is 4.37. The fourth-order valence-corrected chi connectivity index (χ4v) is 1.99. The smallest absolute Gasteiger partial charge is 0.140 e. The van der Waals surface area contributed by atoms with E-state index in [4.69, 9.17) is 10.5 Å². The van der Waals surface area contributed by atoms with Gasteiger partial charge in [-0.15, -0.1) is 0 Å². The van der Waals surface area contributed by atoms with Crippen LogP contribution in [0.25, 0.3) is 0 Å². The third-order valence-electron chi connectivity index (χ3n) is 2.87. The molecule has 1 aliphatic heterocycles. The SMILES string of the molecule is CCCC(C)CC(=O)C1COCC1N. The minimum absolute atomic E-state index is 0.0469. The summed E-state index contributed by atoms with van der Waals surface area (Å²) in [5.41, 5.74) is 5.78. The molecule has 1 rings (SSSR count). The third-order valence-corrected chi connectivity index (χ3v) is 2.87. The Hall–Kier alpha value is -0.410. The van der Waals surface area contributed by atoms with Gasteiger partial charge in [-0.25, -0.2) is 0 Å². The van der Waals surface area contributed by atoms with E-state index in [1.165, 1.54) is 0 Å². The van der Waals surface area contributed by atoms with Crippen LogP contribution in [0.5, 0.6) is 0 Å². The number of hydrogen-bond acceptors (Lipinski definition) is 3. The molecule has 1 fully saturated rings. The summed E-state index contributed by atoms with van der Waals surface area (Å²) in [5.74, 6) is 0.727. The van der Waals surface area contributed by atoms with Gasteiger partial charge in [0.25, 0.3) is 0 Å². The highest BCUT2D eigenvalue weighted by Gasteiger charge is 2.31. The molecule has 2 N–H and O–H groups in total. The summed E-state index contributed by atoms with van der Waals surface area (Å²) in [4.78, 5) is 11.8. The molecule has 0 saturated carbocycles. The van der Waals surface area contributed by atoms with Crippen LogP contribution in [-0.2, 0) is 9.53 Å². The molecule has 3 atom stereocenters. The van der Waals surface area contributed by atoms with Crippen molar-refractivity contribution in [2.45, 2.75) is 39.2 Å². The Bertz CT molecular complexity index is 194. The number of ketones is 1. The highest BCUT2D eigenvalue weighted by atomic mass is 16.5. The molecule has 0 bridgehead atoms. The van der Waals surface area contributed by atoms with Crippen molar-refractivity contribution in [3.63, 3.8) is 0 Å². The molecule has 3 nitrogen and oxygen atoms in total. The lowest BCUT2D eigenvalue weighted by molar-refractivity contribution is -0.123. The second-order valence-corrected chi connectivity index (χ2v) is 4.37. The Balaban J connectivity index is 2.33. The third kappa shape index (κ3) is 3.07. The van der Waals surface area contributed by atoms with Gasteiger partial charge in [0.1, 0.15) is 5.78 Å². The van der Waals surface area contributed by atoms with Crippen LogP contribution in [0, 0.1) is 11.8 Å². The first-order valence-corrected chi connectivity index (χ1v) is 5.51. The summed E-state index contributed by atoms with van der Waals surface area (Å²) in [6.07, 6.45) is 2.92. The number of hydrogen-bond donors (Lipinski definition) is 1. The maximum Gasteiger partial charge on any atom is 0.140 e. The van der Waals surface area contributed by atoms with Gasteiger partial charge >= 0.3 is 0 Å². The average molecular weight is 199 g/mol. The second kappa shape index (κ2) is 5.47. The van der Waals surface area contributed by atoms with Gasteiger partial charge in [-0.05, 0) is 5.92 Å². The van der Waals surface area contributed by atoms with E-state index in [0.717, 1.165) is 12.8 Å². The summed E-state index contributed by atoms with van der Waals surface area (Å²) >= 11 is 0. The molecule has 1 saturated heterocycles. The van der Waals surface area contributed by atoms with Crippen molar-refractivity contribution in [2.24, 2.45) is 17.6 Å². The molecule has 82 valence electrons. The van der Waals surface area contributed by atoms with E-state index < -0.39 is 0 Å². The van der Waals surface area contributed by atoms with Gasteiger partial charge in [0.05, 0.1) is 19.1 Å². The zero-order valence-corrected chi connectivity index (χ0v) is 9.16. The van der Waals surface area contributed by atoms with Crippen LogP contribution in [0.1, 0.15) is 33.1 Å². The number of carbonyl (C=O) groups is 1. The fraction of sp³-hybridized carbons (Fsp3) is 0.909. The Morgan fingerprint density at radius 1 is 1.57 bits per heavy atom. The highest BCUT2D eigenvalue weighted by molar-refractivity contribution is 5.82. The van der Waals surface area contributed by atoms with Gasteiger partial charge in [-0.1, -0.05) is 26.7 Å². The summed E-state index contributed by atoms with van der Waals surface area (Å²) in [6.45, 7) is 5.34. The van der Waals surface area contributed by atoms with Gasteiger partial charge < -0.3 is 10.5 Å². The lowest BCUT2D eigenvalue weighted by atomic mass is 9.90. The first-order valence-electron chi connectivity index (χ1n) is 5.51. The summed E-state index contributed by atoms with van der Waals surface area (Å²) in [7, 11) is 0. The molecule has 0 aliphatic carbocycles. The highest BCUT2D eigenvalue weighted by Crippen LogP contribution is 2.19. The molecular weight excluding hydrogens is 178 g/mol. The maximum absolute atomic E-state index is 11.8. The quantitative estimate of drug-likeness (QED) is 0.727. The summed E-state index contributed by atoms with van der Waals surface area (Å²) < 4.78 is 5.19. The average Bonchev–Trinajstić information content (AvgIpc) is 2.51. The van der Waals surface area contributed by atoms with Crippen molar-refractivity contribution in [1.82, 2.24) is 0 Å². The van der Waals surface area contributed by atoms with Crippen molar-refractivity contribution >= 4 is 5.78 Å². The molecule has 0 amide bonds. The fourth-order valence-electron chi connectivity index (χ4n) is 1.99. The predicted octanol–water partition coefficient (Wildman–Crippen LogP) is 1.36. The molecule has 0 aromatic carbocycles. The van der Waals surface area contributed by atoms with E-state index in [1.807, 2.05) is 0 Å². The van der Waals surface area contributed by atoms with E-state index >= 15 is 0 Å². The van der Waals surface area contributed by atoms with Crippen molar-refractivity contribution in [2.75, 3.05) is 13.2 Å². The predicted molar refractivity (Wildman–Crippen MR) is 56.0 cm³/mol. The maximum atomic E-state index is 11.8. The number of nitrogens with two attached hydrogens (primary N) is 1. The van der Waals surface area contributed by atoms with Gasteiger partial charge in [0, 0.05) is 12.5 Å². The monoisotopic (exact) mass is 199 g/mol. The Morgan fingerprint density at radius 3 is 2.79 bits per heavy atom. The normalized spacial score (nSPS) is 29.1. The van der Waals surface area contributed by atoms with Gasteiger partial charge in [-0.2, -0.15) is 0 Å². The number of Topliss-reactive ketones (excluding diaryl/α,β-unsaturated/α-hetero) is 1. The molecule has 1 aliphatic rings. The van der Waals surface area contributed by atoms with E-state index in [9.17, 15) is 4.79 Å². The van der Waals surface area contributed by atoms with E-state index in [-0.39, 0.29) is 17.7 Å². The molecule has 3 unspecified atom stereocenters. The zero-order valence-electron chi connectivity index (χ0n) is 9.16. The molecule has 0 radical (unpaired) electrons. The van der Waals surface area contributed by atoms with Gasteiger partial charge in [0.2, 0.25) is 0 Å². The van der Waals surface area contributed by atoms with Crippen molar-refractivity contribution < 1.29 is 9.53 Å². The number of carbonyl (C=O) groups excluding carboxylic acids is 1. The molecule has 3 heteroatoms. The van der Waals surface area contributed by atoms with Crippen LogP contribution in [0.15, 0.2) is 0 Å². The van der Waals surface area contributed by atoms with Crippen LogP contribution < -0.4 is 5.73 Å². The summed E-state index contributed by atoms with van der Waals surface area (Å²) in [6, 6.07) is -0.0728. The Kier molecular flexibility index (Phi) is 4.55. The van der Waals surface area contributed by atoms with Crippen LogP contribution in [-0.4, -0.2) is 25.0 Å². The van der Waals surface area contributed by atoms with Crippen LogP contribution in [0.3, 0.4) is 0 Å². The van der Waals surface area contributed by atoms with Crippen LogP contribution >= 0.6 is 0 Å². The van der Waals surface area contributed by atoms with Gasteiger partial charge in [-0.3, -0.25) is 4.79 Å². The standard InChI is InChI=1S/C11H21NO2/c1-3-4-8(2)5-11(13)9-6-14-7-10(9)12/h8-10H,3-7,12H2,1-2H3. The van der Waals surface area contributed by atoms with Crippen LogP contribution in [0.4, 0.5) is 0 Å². The summed E-state index contributed by atoms with van der Waals surface area (Å²) in [5, 5.41) is 0. The minimum Gasteiger partial charge on any atom is -0.379 e. The van der Waals surface area contributed by atoms with Crippen molar-refractivity contribution in [3.05, 3.63) is 0 Å². The van der Waals surface area contributed by atoms with Crippen molar-refractivity contribution in [1.29, 1.82) is 0 Å². The molecule has 0 aromatic heterocycles. The zero-order chi connectivity index (χ0) is 10.6. The van der Waals surface area contributed by atoms with Crippen LogP contribution in [0.2, 0.25) is 0 Å². The lowest BCUT2D eigenvalue weighted by Gasteiger charge is -2.15. The topological polar surface area (TPSA) is 52.3 Å². The minimum atomic E-state index is -0.0728. The van der Waals surface area contributed by atoms with Gasteiger partial charge in [0.15, 0.2) is 0 Å². The largest absolute Gasteiger partial charge is 0.379 e. The number of ether oxygens (including phenoxy) is 1. The molecule has 0 aromatic rings. The molecule has 14 heavy (non-hydrogen) atoms. The molecule has 1 heterocycles. The van der Waals surface area contributed by atoms with E-state index in [1.54, 1.807) is 0 Å². The Labute approximate surface area is 86.0 Å². The van der Waals surface area contributed by atoms with E-state index in [2.05, 4.69) is 13.8 Å². The lowest BCUT2D eigenvalue weighted by Crippen LogP contribution is -2.34. The molecular formula is C11H21NO2. The van der Waals surface area contributed by atoms with E-state index in [0.29, 0.717) is 25.6 Å². The van der Waals surface area contributed by atoms with Crippen molar-refractivity contribution in [3.8, 4) is 0 Å². The molecule has 0 spiro atoms. The number of rotatable bonds is 5. The first kappa shape index (κ1) is 11.7. The first-order chi connectivity index (χ1) is 6.65. The Morgan fingerprint density at radius 2 is 2.29 bits per heavy atom.